The Morgan fingerprint density at radius 2 is 2.00 bits per heavy atom. The number of carboxylic acids is 1. The number of aliphatic carboxylic acids is 1. The fourth-order valence-corrected chi connectivity index (χ4v) is 2.64. The van der Waals surface area contributed by atoms with Crippen molar-refractivity contribution in [1.82, 2.24) is 5.32 Å². The normalized spacial score (nSPS) is 24.8. The molecule has 0 spiro atoms. The Hall–Kier alpha value is -2.41. The molecule has 1 aromatic rings. The Kier molecular flexibility index (Phi) is 5.33. The Bertz CT molecular complexity index is 589. The standard InChI is InChI=1S/C16H20N2O5/c1-9-7-12(23-13(9)16(21)22)15(20)18-11(14(17)19)8-10-5-3-2-4-6-10/h2-6,9,11-13H,7-8H2,1H3,(H2,17,19)(H,18,20)(H,21,22)/t9-,11?,12-,13-/m1/s1. The molecule has 2 rings (SSSR count). The summed E-state index contributed by atoms with van der Waals surface area (Å²) in [5.41, 5.74) is 6.21. The van der Waals surface area contributed by atoms with Crippen molar-refractivity contribution in [2.75, 3.05) is 0 Å². The zero-order chi connectivity index (χ0) is 17.0. The van der Waals surface area contributed by atoms with Gasteiger partial charge in [-0.05, 0) is 17.9 Å². The Balaban J connectivity index is 1.99. The zero-order valence-corrected chi connectivity index (χ0v) is 12.8. The molecule has 0 radical (unpaired) electrons. The lowest BCUT2D eigenvalue weighted by atomic mass is 10.0. The van der Waals surface area contributed by atoms with E-state index in [0.717, 1.165) is 5.56 Å². The van der Waals surface area contributed by atoms with Crippen molar-refractivity contribution in [3.63, 3.8) is 0 Å². The van der Waals surface area contributed by atoms with E-state index in [1.807, 2.05) is 30.3 Å². The molecule has 0 saturated carbocycles. The second kappa shape index (κ2) is 7.23. The number of hydrogen-bond acceptors (Lipinski definition) is 4. The highest BCUT2D eigenvalue weighted by Crippen LogP contribution is 2.26. The van der Waals surface area contributed by atoms with Gasteiger partial charge in [0.05, 0.1) is 0 Å². The van der Waals surface area contributed by atoms with Crippen molar-refractivity contribution in [2.45, 2.75) is 38.0 Å². The van der Waals surface area contributed by atoms with Crippen LogP contribution in [0.2, 0.25) is 0 Å². The smallest absolute Gasteiger partial charge is 0.333 e. The van der Waals surface area contributed by atoms with Crippen LogP contribution in [0.15, 0.2) is 30.3 Å². The van der Waals surface area contributed by atoms with Crippen LogP contribution < -0.4 is 11.1 Å². The average molecular weight is 320 g/mol. The van der Waals surface area contributed by atoms with E-state index < -0.39 is 36.0 Å². The monoisotopic (exact) mass is 320 g/mol. The van der Waals surface area contributed by atoms with Gasteiger partial charge >= 0.3 is 5.97 Å². The molecule has 1 heterocycles. The fourth-order valence-electron chi connectivity index (χ4n) is 2.64. The Labute approximate surface area is 133 Å². The van der Waals surface area contributed by atoms with E-state index in [1.165, 1.54) is 0 Å². The van der Waals surface area contributed by atoms with E-state index in [-0.39, 0.29) is 12.3 Å². The van der Waals surface area contributed by atoms with Gasteiger partial charge < -0.3 is 20.9 Å². The second-order valence-electron chi connectivity index (χ2n) is 5.75. The maximum absolute atomic E-state index is 12.2. The van der Waals surface area contributed by atoms with Crippen LogP contribution in [-0.2, 0) is 25.5 Å². The number of benzene rings is 1. The molecule has 7 nitrogen and oxygen atoms in total. The molecule has 1 aliphatic heterocycles. The summed E-state index contributed by atoms with van der Waals surface area (Å²) in [6.45, 7) is 1.71. The minimum atomic E-state index is -1.09. The van der Waals surface area contributed by atoms with Crippen molar-refractivity contribution in [1.29, 1.82) is 0 Å². The third kappa shape index (κ3) is 4.29. The number of amides is 2. The van der Waals surface area contributed by atoms with E-state index in [0.29, 0.717) is 6.42 Å². The third-order valence-electron chi connectivity index (χ3n) is 3.89. The van der Waals surface area contributed by atoms with Crippen molar-refractivity contribution in [2.24, 2.45) is 11.7 Å². The molecule has 0 aliphatic carbocycles. The quantitative estimate of drug-likeness (QED) is 0.686. The summed E-state index contributed by atoms with van der Waals surface area (Å²) in [6.07, 6.45) is -1.33. The minimum absolute atomic E-state index is 0.270. The summed E-state index contributed by atoms with van der Waals surface area (Å²) < 4.78 is 5.26. The predicted molar refractivity (Wildman–Crippen MR) is 81.3 cm³/mol. The largest absolute Gasteiger partial charge is 0.479 e. The molecule has 1 saturated heterocycles. The molecule has 124 valence electrons. The lowest BCUT2D eigenvalue weighted by Crippen LogP contribution is -2.49. The van der Waals surface area contributed by atoms with E-state index in [4.69, 9.17) is 15.6 Å². The zero-order valence-electron chi connectivity index (χ0n) is 12.8. The van der Waals surface area contributed by atoms with Crippen LogP contribution in [0, 0.1) is 5.92 Å². The number of nitrogens with two attached hydrogens (primary N) is 1. The molecular weight excluding hydrogens is 300 g/mol. The molecule has 1 aliphatic rings. The summed E-state index contributed by atoms with van der Waals surface area (Å²) in [7, 11) is 0. The molecule has 1 aromatic carbocycles. The van der Waals surface area contributed by atoms with Gasteiger partial charge in [-0.25, -0.2) is 4.79 Å². The van der Waals surface area contributed by atoms with Gasteiger partial charge in [0.2, 0.25) is 11.8 Å². The summed E-state index contributed by atoms with van der Waals surface area (Å²) in [4.78, 5) is 34.8. The number of carbonyl (C=O) groups excluding carboxylic acids is 2. The molecule has 4 atom stereocenters. The first-order valence-corrected chi connectivity index (χ1v) is 7.40. The average Bonchev–Trinajstić information content (AvgIpc) is 2.89. The van der Waals surface area contributed by atoms with Gasteiger partial charge in [-0.3, -0.25) is 9.59 Å². The molecule has 1 fully saturated rings. The van der Waals surface area contributed by atoms with Crippen LogP contribution in [-0.4, -0.2) is 41.1 Å². The van der Waals surface area contributed by atoms with Gasteiger partial charge in [0, 0.05) is 6.42 Å². The lowest BCUT2D eigenvalue weighted by Gasteiger charge is -2.18. The van der Waals surface area contributed by atoms with Crippen molar-refractivity contribution in [3.05, 3.63) is 35.9 Å². The van der Waals surface area contributed by atoms with Gasteiger partial charge in [0.15, 0.2) is 6.10 Å². The maximum atomic E-state index is 12.2. The van der Waals surface area contributed by atoms with Gasteiger partial charge in [-0.2, -0.15) is 0 Å². The number of rotatable bonds is 6. The Morgan fingerprint density at radius 3 is 2.52 bits per heavy atom. The molecule has 0 bridgehead atoms. The van der Waals surface area contributed by atoms with E-state index >= 15 is 0 Å². The SMILES string of the molecule is C[C@@H]1C[C@H](C(=O)NC(Cc2ccccc2)C(N)=O)O[C@H]1C(=O)O. The third-order valence-corrected chi connectivity index (χ3v) is 3.89. The van der Waals surface area contributed by atoms with Crippen LogP contribution in [0.25, 0.3) is 0 Å². The number of nitrogens with one attached hydrogen (secondary N) is 1. The van der Waals surface area contributed by atoms with Gasteiger partial charge in [0.1, 0.15) is 12.1 Å². The van der Waals surface area contributed by atoms with Crippen LogP contribution in [0.3, 0.4) is 0 Å². The van der Waals surface area contributed by atoms with Crippen molar-refractivity contribution < 1.29 is 24.2 Å². The molecule has 7 heteroatoms. The van der Waals surface area contributed by atoms with Gasteiger partial charge in [-0.15, -0.1) is 0 Å². The van der Waals surface area contributed by atoms with E-state index in [2.05, 4.69) is 5.32 Å². The first kappa shape index (κ1) is 17.0. The Morgan fingerprint density at radius 1 is 1.35 bits per heavy atom. The highest BCUT2D eigenvalue weighted by atomic mass is 16.5. The summed E-state index contributed by atoms with van der Waals surface area (Å²) in [5, 5.41) is 11.6. The van der Waals surface area contributed by atoms with E-state index in [1.54, 1.807) is 6.92 Å². The van der Waals surface area contributed by atoms with Crippen LogP contribution in [0.1, 0.15) is 18.9 Å². The highest BCUT2D eigenvalue weighted by Gasteiger charge is 2.41. The van der Waals surface area contributed by atoms with Gasteiger partial charge in [-0.1, -0.05) is 37.3 Å². The molecule has 2 amide bonds. The minimum Gasteiger partial charge on any atom is -0.479 e. The summed E-state index contributed by atoms with van der Waals surface area (Å²) in [6, 6.07) is 8.30. The van der Waals surface area contributed by atoms with Crippen molar-refractivity contribution in [3.8, 4) is 0 Å². The molecule has 1 unspecified atom stereocenters. The number of hydrogen-bond donors (Lipinski definition) is 3. The van der Waals surface area contributed by atoms with Crippen LogP contribution in [0.4, 0.5) is 0 Å². The number of ether oxygens (including phenoxy) is 1. The number of carbonyl (C=O) groups is 3. The van der Waals surface area contributed by atoms with Gasteiger partial charge in [0.25, 0.3) is 0 Å². The molecule has 23 heavy (non-hydrogen) atoms. The van der Waals surface area contributed by atoms with Crippen LogP contribution >= 0.6 is 0 Å². The lowest BCUT2D eigenvalue weighted by molar-refractivity contribution is -0.153. The van der Waals surface area contributed by atoms with Crippen LogP contribution in [0.5, 0.6) is 0 Å². The molecular formula is C16H20N2O5. The molecule has 4 N–H and O–H groups in total. The topological polar surface area (TPSA) is 119 Å². The predicted octanol–water partition coefficient (Wildman–Crippen LogP) is 0.0774. The summed E-state index contributed by atoms with van der Waals surface area (Å²) >= 11 is 0. The van der Waals surface area contributed by atoms with Crippen molar-refractivity contribution >= 4 is 17.8 Å². The maximum Gasteiger partial charge on any atom is 0.333 e. The summed E-state index contributed by atoms with van der Waals surface area (Å²) in [5.74, 6) is -2.53. The first-order valence-electron chi connectivity index (χ1n) is 7.40. The van der Waals surface area contributed by atoms with E-state index in [9.17, 15) is 14.4 Å². The second-order valence-corrected chi connectivity index (χ2v) is 5.75. The number of carboxylic acid groups (broad SMARTS) is 1. The first-order chi connectivity index (χ1) is 10.9. The number of primary amides is 1. The fraction of sp³-hybridized carbons (Fsp3) is 0.438. The molecule has 0 aromatic heterocycles. The highest BCUT2D eigenvalue weighted by molar-refractivity contribution is 5.89.